The molecule has 0 radical (unpaired) electrons. The monoisotopic (exact) mass is 369 g/mol. The standard InChI is InChI=1S/C21H27N3O3/c1-14-13-17-18(22-23(3)19(17)15(2)27-14)20(25)24-11-9-21(26,10-12-24)16-7-5-4-6-8-16/h4-8,14-15,26H,9-13H2,1-3H3/t14-,15+/m1/s1. The molecule has 4 rings (SSSR count). The second-order valence-electron chi connectivity index (χ2n) is 7.82. The largest absolute Gasteiger partial charge is 0.385 e. The number of carbonyl (C=O) groups excluding carboxylic acids is 1. The van der Waals surface area contributed by atoms with Gasteiger partial charge >= 0.3 is 0 Å². The van der Waals surface area contributed by atoms with Gasteiger partial charge in [0.2, 0.25) is 0 Å². The van der Waals surface area contributed by atoms with Gasteiger partial charge in [-0.1, -0.05) is 30.3 Å². The Morgan fingerprint density at radius 3 is 2.56 bits per heavy atom. The van der Waals surface area contributed by atoms with Crippen molar-refractivity contribution in [2.45, 2.75) is 50.9 Å². The van der Waals surface area contributed by atoms with Crippen LogP contribution in [-0.2, 0) is 23.8 Å². The first-order valence-corrected chi connectivity index (χ1v) is 9.67. The van der Waals surface area contributed by atoms with E-state index in [1.54, 1.807) is 4.68 Å². The molecule has 1 aromatic heterocycles. The van der Waals surface area contributed by atoms with Gasteiger partial charge in [-0.05, 0) is 32.3 Å². The minimum Gasteiger partial charge on any atom is -0.385 e. The normalized spacial score (nSPS) is 24.5. The van der Waals surface area contributed by atoms with Crippen molar-refractivity contribution in [3.63, 3.8) is 0 Å². The number of likely N-dealkylation sites (tertiary alicyclic amines) is 1. The molecule has 0 spiro atoms. The molecule has 1 aromatic carbocycles. The quantitative estimate of drug-likeness (QED) is 0.883. The molecule has 1 amide bonds. The fourth-order valence-electron chi connectivity index (χ4n) is 4.48. The third-order valence-corrected chi connectivity index (χ3v) is 5.90. The van der Waals surface area contributed by atoms with Crippen molar-refractivity contribution in [1.29, 1.82) is 0 Å². The lowest BCUT2D eigenvalue weighted by Crippen LogP contribution is -2.45. The van der Waals surface area contributed by atoms with Crippen LogP contribution < -0.4 is 0 Å². The Balaban J connectivity index is 1.53. The third kappa shape index (κ3) is 3.17. The van der Waals surface area contributed by atoms with Gasteiger partial charge in [0.1, 0.15) is 0 Å². The second kappa shape index (κ2) is 6.77. The van der Waals surface area contributed by atoms with E-state index in [9.17, 15) is 9.90 Å². The van der Waals surface area contributed by atoms with E-state index in [4.69, 9.17) is 4.74 Å². The molecule has 0 unspecified atom stereocenters. The summed E-state index contributed by atoms with van der Waals surface area (Å²) in [7, 11) is 1.87. The van der Waals surface area contributed by atoms with Crippen molar-refractivity contribution in [1.82, 2.24) is 14.7 Å². The summed E-state index contributed by atoms with van der Waals surface area (Å²) in [6.07, 6.45) is 1.79. The average molecular weight is 369 g/mol. The summed E-state index contributed by atoms with van der Waals surface area (Å²) in [5, 5.41) is 15.5. The van der Waals surface area contributed by atoms with Crippen LogP contribution in [0.15, 0.2) is 30.3 Å². The molecule has 144 valence electrons. The fourth-order valence-corrected chi connectivity index (χ4v) is 4.48. The SMILES string of the molecule is C[C@@H]1Cc2c(C(=O)N3CCC(O)(c4ccccc4)CC3)nn(C)c2[C@H](C)O1. The number of hydrogen-bond donors (Lipinski definition) is 1. The Bertz CT molecular complexity index is 838. The van der Waals surface area contributed by atoms with Crippen molar-refractivity contribution in [2.75, 3.05) is 13.1 Å². The zero-order chi connectivity index (χ0) is 19.2. The Morgan fingerprint density at radius 1 is 1.22 bits per heavy atom. The summed E-state index contributed by atoms with van der Waals surface area (Å²) in [5.74, 6) is -0.0386. The molecule has 2 atom stereocenters. The van der Waals surface area contributed by atoms with E-state index < -0.39 is 5.60 Å². The molecule has 0 saturated carbocycles. The van der Waals surface area contributed by atoms with Gasteiger partial charge in [-0.25, -0.2) is 0 Å². The van der Waals surface area contributed by atoms with Crippen LogP contribution in [0.4, 0.5) is 0 Å². The number of fused-ring (bicyclic) bond motifs is 1. The minimum atomic E-state index is -0.863. The van der Waals surface area contributed by atoms with Crippen molar-refractivity contribution in [2.24, 2.45) is 7.05 Å². The summed E-state index contributed by atoms with van der Waals surface area (Å²) in [5.41, 5.74) is 2.61. The lowest BCUT2D eigenvalue weighted by molar-refractivity contribution is -0.0214. The molecule has 6 nitrogen and oxygen atoms in total. The predicted molar refractivity (Wildman–Crippen MR) is 101 cm³/mol. The van der Waals surface area contributed by atoms with Crippen LogP contribution in [0.5, 0.6) is 0 Å². The highest BCUT2D eigenvalue weighted by atomic mass is 16.5. The van der Waals surface area contributed by atoms with Crippen LogP contribution in [0.2, 0.25) is 0 Å². The van der Waals surface area contributed by atoms with Crippen molar-refractivity contribution < 1.29 is 14.6 Å². The lowest BCUT2D eigenvalue weighted by Gasteiger charge is -2.38. The molecule has 2 aromatic rings. The second-order valence-corrected chi connectivity index (χ2v) is 7.82. The minimum absolute atomic E-state index is 0.0386. The zero-order valence-corrected chi connectivity index (χ0v) is 16.2. The first-order valence-electron chi connectivity index (χ1n) is 9.67. The lowest BCUT2D eigenvalue weighted by atomic mass is 9.84. The number of rotatable bonds is 2. The molecule has 6 heteroatoms. The summed E-state index contributed by atoms with van der Waals surface area (Å²) < 4.78 is 7.67. The van der Waals surface area contributed by atoms with Gasteiger partial charge in [0.05, 0.1) is 23.5 Å². The Morgan fingerprint density at radius 2 is 1.89 bits per heavy atom. The van der Waals surface area contributed by atoms with Crippen LogP contribution in [0, 0.1) is 0 Å². The zero-order valence-electron chi connectivity index (χ0n) is 16.2. The van der Waals surface area contributed by atoms with E-state index in [1.165, 1.54) is 0 Å². The van der Waals surface area contributed by atoms with Crippen LogP contribution in [0.25, 0.3) is 0 Å². The number of piperidine rings is 1. The van der Waals surface area contributed by atoms with Crippen molar-refractivity contribution in [3.8, 4) is 0 Å². The molecule has 2 aliphatic heterocycles. The molecule has 1 saturated heterocycles. The van der Waals surface area contributed by atoms with Crippen LogP contribution in [-0.4, -0.2) is 44.9 Å². The molecular formula is C21H27N3O3. The van der Waals surface area contributed by atoms with Crippen LogP contribution in [0.1, 0.15) is 60.1 Å². The summed E-state index contributed by atoms with van der Waals surface area (Å²) in [6.45, 7) is 5.08. The highest BCUT2D eigenvalue weighted by molar-refractivity contribution is 5.94. The number of aryl methyl sites for hydroxylation is 1. The van der Waals surface area contributed by atoms with E-state index in [0.717, 1.165) is 16.8 Å². The number of benzene rings is 1. The first kappa shape index (κ1) is 18.2. The maximum Gasteiger partial charge on any atom is 0.274 e. The van der Waals surface area contributed by atoms with Gasteiger partial charge in [0, 0.05) is 32.1 Å². The molecule has 3 heterocycles. The molecule has 1 N–H and O–H groups in total. The van der Waals surface area contributed by atoms with Gasteiger partial charge in [0.25, 0.3) is 5.91 Å². The smallest absolute Gasteiger partial charge is 0.274 e. The van der Waals surface area contributed by atoms with Crippen LogP contribution in [0.3, 0.4) is 0 Å². The van der Waals surface area contributed by atoms with Gasteiger partial charge in [0.15, 0.2) is 5.69 Å². The Kier molecular flexibility index (Phi) is 4.56. The average Bonchev–Trinajstić information content (AvgIpc) is 2.99. The van der Waals surface area contributed by atoms with E-state index in [1.807, 2.05) is 56.1 Å². The number of aromatic nitrogens is 2. The number of ether oxygens (including phenoxy) is 1. The number of amides is 1. The highest BCUT2D eigenvalue weighted by Gasteiger charge is 2.38. The molecular weight excluding hydrogens is 342 g/mol. The fraction of sp³-hybridized carbons (Fsp3) is 0.524. The topological polar surface area (TPSA) is 67.6 Å². The van der Waals surface area contributed by atoms with E-state index in [0.29, 0.717) is 38.0 Å². The first-order chi connectivity index (χ1) is 12.9. The van der Waals surface area contributed by atoms with E-state index in [2.05, 4.69) is 5.10 Å². The summed E-state index contributed by atoms with van der Waals surface area (Å²) in [4.78, 5) is 15.0. The maximum absolute atomic E-state index is 13.2. The van der Waals surface area contributed by atoms with E-state index >= 15 is 0 Å². The van der Waals surface area contributed by atoms with Crippen LogP contribution >= 0.6 is 0 Å². The Hall–Kier alpha value is -2.18. The molecule has 27 heavy (non-hydrogen) atoms. The van der Waals surface area contributed by atoms with Crippen molar-refractivity contribution >= 4 is 5.91 Å². The number of carbonyl (C=O) groups is 1. The van der Waals surface area contributed by atoms with Gasteiger partial charge in [-0.15, -0.1) is 0 Å². The van der Waals surface area contributed by atoms with Gasteiger partial charge in [-0.2, -0.15) is 5.10 Å². The predicted octanol–water partition coefficient (Wildman–Crippen LogP) is 2.57. The highest BCUT2D eigenvalue weighted by Crippen LogP contribution is 2.35. The molecule has 0 aliphatic carbocycles. The summed E-state index contributed by atoms with van der Waals surface area (Å²) in [6, 6.07) is 9.73. The summed E-state index contributed by atoms with van der Waals surface area (Å²) >= 11 is 0. The number of hydrogen-bond acceptors (Lipinski definition) is 4. The van der Waals surface area contributed by atoms with Gasteiger partial charge < -0.3 is 14.7 Å². The molecule has 1 fully saturated rings. The van der Waals surface area contributed by atoms with Gasteiger partial charge in [-0.3, -0.25) is 9.48 Å². The number of aliphatic hydroxyl groups is 1. The number of nitrogens with zero attached hydrogens (tertiary/aromatic N) is 3. The molecule has 0 bridgehead atoms. The van der Waals surface area contributed by atoms with E-state index in [-0.39, 0.29) is 18.1 Å². The Labute approximate surface area is 159 Å². The molecule has 2 aliphatic rings. The maximum atomic E-state index is 13.2. The van der Waals surface area contributed by atoms with Crippen molar-refractivity contribution in [3.05, 3.63) is 52.8 Å². The third-order valence-electron chi connectivity index (χ3n) is 5.90.